The Hall–Kier alpha value is -0.610. The van der Waals surface area contributed by atoms with Gasteiger partial charge in [0, 0.05) is 59.1 Å². The number of hydrogen-bond acceptors (Lipinski definition) is 4. The van der Waals surface area contributed by atoms with E-state index in [2.05, 4.69) is 24.1 Å². The Bertz CT molecular complexity index is 437. The minimum absolute atomic E-state index is 0. The summed E-state index contributed by atoms with van der Waals surface area (Å²) in [5.41, 5.74) is 0. The molecule has 2 saturated heterocycles. The van der Waals surface area contributed by atoms with Crippen LogP contribution in [0.5, 0.6) is 0 Å². The van der Waals surface area contributed by atoms with E-state index in [1.807, 2.05) is 4.90 Å². The molecule has 0 bridgehead atoms. The lowest BCUT2D eigenvalue weighted by molar-refractivity contribution is -0.142. The second kappa shape index (κ2) is 14.4. The van der Waals surface area contributed by atoms with Crippen LogP contribution in [0.4, 0.5) is 0 Å². The zero-order valence-corrected chi connectivity index (χ0v) is 19.3. The van der Waals surface area contributed by atoms with Crippen molar-refractivity contribution in [1.29, 1.82) is 0 Å². The first-order chi connectivity index (χ1) is 12.8. The van der Waals surface area contributed by atoms with Crippen LogP contribution in [-0.2, 0) is 14.3 Å². The summed E-state index contributed by atoms with van der Waals surface area (Å²) in [6.07, 6.45) is 4.89. The van der Waals surface area contributed by atoms with E-state index in [0.717, 1.165) is 90.7 Å². The summed E-state index contributed by atoms with van der Waals surface area (Å²) >= 11 is 0. The number of nitrogens with one attached hydrogen (secondary N) is 1. The van der Waals surface area contributed by atoms with Crippen molar-refractivity contribution < 1.29 is 14.3 Å². The van der Waals surface area contributed by atoms with Gasteiger partial charge in [0.2, 0.25) is 0 Å². The summed E-state index contributed by atoms with van der Waals surface area (Å²) in [7, 11) is 0. The molecule has 2 fully saturated rings. The molecule has 0 saturated carbocycles. The molecular weight excluding hydrogens is 459 g/mol. The van der Waals surface area contributed by atoms with Crippen molar-refractivity contribution in [3.05, 3.63) is 0 Å². The van der Waals surface area contributed by atoms with Gasteiger partial charge in [0.05, 0.1) is 0 Å². The third kappa shape index (κ3) is 8.51. The standard InChI is InChI=1S/C19H36N4O3.HI/c1-3-5-14-25-15-7-9-21-19(20-4-2)23-12-10-22(11-13-23)18(24)17-8-6-16-26-17;/h17H,3-16H2,1-2H3,(H,20,21);1H. The van der Waals surface area contributed by atoms with Crippen molar-refractivity contribution >= 4 is 35.8 Å². The number of carbonyl (C=O) groups excluding carboxylic acids is 1. The van der Waals surface area contributed by atoms with Gasteiger partial charge in [-0.25, -0.2) is 0 Å². The fourth-order valence-corrected chi connectivity index (χ4v) is 3.24. The number of aliphatic imine (C=N–C) groups is 1. The molecular formula is C19H37IN4O3. The van der Waals surface area contributed by atoms with Gasteiger partial charge in [0.15, 0.2) is 5.96 Å². The fraction of sp³-hybridized carbons (Fsp3) is 0.895. The Morgan fingerprint density at radius 2 is 1.85 bits per heavy atom. The molecule has 2 rings (SSSR count). The maximum atomic E-state index is 12.4. The molecule has 1 amide bonds. The first kappa shape index (κ1) is 24.4. The van der Waals surface area contributed by atoms with Gasteiger partial charge < -0.3 is 24.6 Å². The van der Waals surface area contributed by atoms with E-state index in [0.29, 0.717) is 0 Å². The normalized spacial score (nSPS) is 20.5. The number of amides is 1. The van der Waals surface area contributed by atoms with Crippen molar-refractivity contribution in [3.8, 4) is 0 Å². The summed E-state index contributed by atoms with van der Waals surface area (Å²) < 4.78 is 11.1. The van der Waals surface area contributed by atoms with Gasteiger partial charge in [-0.2, -0.15) is 0 Å². The zero-order chi connectivity index (χ0) is 18.6. The molecule has 0 aromatic heterocycles. The highest BCUT2D eigenvalue weighted by Gasteiger charge is 2.30. The Morgan fingerprint density at radius 3 is 2.48 bits per heavy atom. The van der Waals surface area contributed by atoms with Crippen molar-refractivity contribution in [1.82, 2.24) is 15.1 Å². The van der Waals surface area contributed by atoms with Crippen LogP contribution < -0.4 is 5.32 Å². The van der Waals surface area contributed by atoms with E-state index in [1.165, 1.54) is 6.42 Å². The van der Waals surface area contributed by atoms with E-state index in [9.17, 15) is 4.79 Å². The molecule has 158 valence electrons. The molecule has 0 aromatic carbocycles. The summed E-state index contributed by atoms with van der Waals surface area (Å²) in [4.78, 5) is 21.4. The maximum Gasteiger partial charge on any atom is 0.251 e. The first-order valence-electron chi connectivity index (χ1n) is 10.3. The van der Waals surface area contributed by atoms with E-state index in [-0.39, 0.29) is 36.0 Å². The number of halogens is 1. The Balaban J connectivity index is 0.00000364. The fourth-order valence-electron chi connectivity index (χ4n) is 3.24. The molecule has 7 nitrogen and oxygen atoms in total. The molecule has 0 aliphatic carbocycles. The second-order valence-electron chi connectivity index (χ2n) is 6.87. The summed E-state index contributed by atoms with van der Waals surface area (Å²) in [5.74, 6) is 1.11. The summed E-state index contributed by atoms with van der Waals surface area (Å²) in [6.45, 7) is 11.3. The number of unbranched alkanes of at least 4 members (excludes halogenated alkanes) is 1. The quantitative estimate of drug-likeness (QED) is 0.229. The lowest BCUT2D eigenvalue weighted by Gasteiger charge is -2.37. The van der Waals surface area contributed by atoms with Gasteiger partial charge >= 0.3 is 0 Å². The average Bonchev–Trinajstić information content (AvgIpc) is 3.21. The topological polar surface area (TPSA) is 66.4 Å². The molecule has 8 heteroatoms. The summed E-state index contributed by atoms with van der Waals surface area (Å²) in [6, 6.07) is 0. The second-order valence-corrected chi connectivity index (χ2v) is 6.87. The number of piperazine rings is 1. The molecule has 1 N–H and O–H groups in total. The molecule has 2 aliphatic heterocycles. The molecule has 0 spiro atoms. The van der Waals surface area contributed by atoms with Crippen LogP contribution in [0, 0.1) is 0 Å². The van der Waals surface area contributed by atoms with E-state index < -0.39 is 0 Å². The first-order valence-corrected chi connectivity index (χ1v) is 10.3. The predicted molar refractivity (Wildman–Crippen MR) is 119 cm³/mol. The maximum absolute atomic E-state index is 12.4. The monoisotopic (exact) mass is 496 g/mol. The van der Waals surface area contributed by atoms with E-state index in [1.54, 1.807) is 0 Å². The SMILES string of the molecule is CCCCOCCCN=C(NCC)N1CCN(C(=O)C2CCCO2)CC1.I. The van der Waals surface area contributed by atoms with Crippen molar-refractivity contribution in [2.45, 2.75) is 52.1 Å². The Morgan fingerprint density at radius 1 is 1.15 bits per heavy atom. The highest BCUT2D eigenvalue weighted by Crippen LogP contribution is 2.16. The average molecular weight is 496 g/mol. The Labute approximate surface area is 181 Å². The van der Waals surface area contributed by atoms with E-state index >= 15 is 0 Å². The molecule has 2 aliphatic rings. The van der Waals surface area contributed by atoms with Crippen molar-refractivity contribution in [2.75, 3.05) is 59.1 Å². The van der Waals surface area contributed by atoms with Gasteiger partial charge in [0.1, 0.15) is 6.10 Å². The molecule has 27 heavy (non-hydrogen) atoms. The van der Waals surface area contributed by atoms with Crippen molar-refractivity contribution in [2.24, 2.45) is 4.99 Å². The molecule has 0 aromatic rings. The van der Waals surface area contributed by atoms with Crippen LogP contribution in [0.25, 0.3) is 0 Å². The highest BCUT2D eigenvalue weighted by molar-refractivity contribution is 14.0. The van der Waals surface area contributed by atoms with Crippen molar-refractivity contribution in [3.63, 3.8) is 0 Å². The minimum Gasteiger partial charge on any atom is -0.381 e. The number of hydrogen-bond donors (Lipinski definition) is 1. The smallest absolute Gasteiger partial charge is 0.251 e. The third-order valence-electron chi connectivity index (χ3n) is 4.78. The number of nitrogens with zero attached hydrogens (tertiary/aromatic N) is 3. The largest absolute Gasteiger partial charge is 0.381 e. The van der Waals surface area contributed by atoms with Crippen LogP contribution in [-0.4, -0.2) is 86.9 Å². The third-order valence-corrected chi connectivity index (χ3v) is 4.78. The van der Waals surface area contributed by atoms with Gasteiger partial charge in [0.25, 0.3) is 5.91 Å². The predicted octanol–water partition coefficient (Wildman–Crippen LogP) is 2.10. The molecule has 2 heterocycles. The van der Waals surface area contributed by atoms with Crippen LogP contribution >= 0.6 is 24.0 Å². The summed E-state index contributed by atoms with van der Waals surface area (Å²) in [5, 5.41) is 3.37. The zero-order valence-electron chi connectivity index (χ0n) is 17.0. The number of guanidine groups is 1. The number of rotatable bonds is 9. The van der Waals surface area contributed by atoms with Crippen LogP contribution in [0.15, 0.2) is 4.99 Å². The molecule has 1 atom stereocenters. The number of ether oxygens (including phenoxy) is 2. The van der Waals surface area contributed by atoms with E-state index in [4.69, 9.17) is 14.5 Å². The lowest BCUT2D eigenvalue weighted by atomic mass is 10.2. The van der Waals surface area contributed by atoms with Crippen LogP contribution in [0.2, 0.25) is 0 Å². The number of carbonyl (C=O) groups is 1. The van der Waals surface area contributed by atoms with Gasteiger partial charge in [-0.15, -0.1) is 24.0 Å². The molecule has 0 radical (unpaired) electrons. The van der Waals surface area contributed by atoms with Gasteiger partial charge in [-0.05, 0) is 32.6 Å². The molecule has 1 unspecified atom stereocenters. The highest BCUT2D eigenvalue weighted by atomic mass is 127. The van der Waals surface area contributed by atoms with Gasteiger partial charge in [-0.3, -0.25) is 9.79 Å². The Kier molecular flexibility index (Phi) is 13.0. The van der Waals surface area contributed by atoms with Gasteiger partial charge in [-0.1, -0.05) is 13.3 Å². The van der Waals surface area contributed by atoms with Crippen LogP contribution in [0.1, 0.15) is 46.0 Å². The lowest BCUT2D eigenvalue weighted by Crippen LogP contribution is -2.55. The van der Waals surface area contributed by atoms with Crippen LogP contribution in [0.3, 0.4) is 0 Å². The minimum atomic E-state index is -0.212.